The van der Waals surface area contributed by atoms with Crippen molar-refractivity contribution in [1.29, 1.82) is 0 Å². The minimum absolute atomic E-state index is 0.0398. The Morgan fingerprint density at radius 2 is 2.58 bits per heavy atom. The van der Waals surface area contributed by atoms with Crippen LogP contribution < -0.4 is 5.73 Å². The third kappa shape index (κ3) is 2.12. The van der Waals surface area contributed by atoms with Crippen LogP contribution in [0.1, 0.15) is 0 Å². The van der Waals surface area contributed by atoms with E-state index in [9.17, 15) is 4.79 Å². The maximum atomic E-state index is 11.3. The summed E-state index contributed by atoms with van der Waals surface area (Å²) in [7, 11) is 1.53. The molecule has 2 N–H and O–H groups in total. The van der Waals surface area contributed by atoms with Crippen LogP contribution in [0, 0.1) is 0 Å². The van der Waals surface area contributed by atoms with E-state index in [2.05, 4.69) is 0 Å². The molecule has 0 aromatic heterocycles. The average molecular weight is 190 g/mol. The van der Waals surface area contributed by atoms with Gasteiger partial charge >= 0.3 is 0 Å². The van der Waals surface area contributed by atoms with E-state index < -0.39 is 0 Å². The monoisotopic (exact) mass is 190 g/mol. The fourth-order valence-corrected chi connectivity index (χ4v) is 2.40. The topological polar surface area (TPSA) is 55.6 Å². The molecule has 0 spiro atoms. The van der Waals surface area contributed by atoms with Crippen LogP contribution in [0.4, 0.5) is 0 Å². The van der Waals surface area contributed by atoms with Crippen LogP contribution in [-0.4, -0.2) is 48.7 Å². The summed E-state index contributed by atoms with van der Waals surface area (Å²) >= 11 is 1.74. The Balaban J connectivity index is 2.43. The molecule has 1 aliphatic heterocycles. The SMILES string of the molecule is COCC(=O)N1CSCC1CN. The third-order valence-corrected chi connectivity index (χ3v) is 2.92. The van der Waals surface area contributed by atoms with Gasteiger partial charge in [0.05, 0.1) is 11.9 Å². The molecule has 1 heterocycles. The van der Waals surface area contributed by atoms with Gasteiger partial charge in [-0.1, -0.05) is 0 Å². The molecule has 5 heteroatoms. The molecular weight excluding hydrogens is 176 g/mol. The first-order chi connectivity index (χ1) is 5.79. The molecule has 1 amide bonds. The molecule has 0 aromatic rings. The van der Waals surface area contributed by atoms with Crippen molar-refractivity contribution in [2.75, 3.05) is 31.9 Å². The molecule has 70 valence electrons. The highest BCUT2D eigenvalue weighted by molar-refractivity contribution is 7.99. The lowest BCUT2D eigenvalue weighted by atomic mass is 10.3. The molecule has 0 aliphatic carbocycles. The summed E-state index contributed by atoms with van der Waals surface area (Å²) in [5.41, 5.74) is 5.51. The maximum absolute atomic E-state index is 11.3. The Morgan fingerprint density at radius 1 is 1.83 bits per heavy atom. The van der Waals surface area contributed by atoms with Gasteiger partial charge in [0.1, 0.15) is 6.61 Å². The van der Waals surface area contributed by atoms with Crippen LogP contribution in [0.15, 0.2) is 0 Å². The molecule has 12 heavy (non-hydrogen) atoms. The van der Waals surface area contributed by atoms with Crippen molar-refractivity contribution < 1.29 is 9.53 Å². The van der Waals surface area contributed by atoms with E-state index in [1.54, 1.807) is 16.7 Å². The quantitative estimate of drug-likeness (QED) is 0.651. The van der Waals surface area contributed by atoms with Crippen molar-refractivity contribution in [1.82, 2.24) is 4.90 Å². The summed E-state index contributed by atoms with van der Waals surface area (Å²) < 4.78 is 4.77. The summed E-state index contributed by atoms with van der Waals surface area (Å²) in [6.45, 7) is 0.708. The second kappa shape index (κ2) is 4.69. The van der Waals surface area contributed by atoms with Gasteiger partial charge < -0.3 is 15.4 Å². The minimum Gasteiger partial charge on any atom is -0.375 e. The number of carbonyl (C=O) groups is 1. The number of carbonyl (C=O) groups excluding carboxylic acids is 1. The Hall–Kier alpha value is -0.260. The number of thioether (sulfide) groups is 1. The number of nitrogens with two attached hydrogens (primary N) is 1. The van der Waals surface area contributed by atoms with Crippen molar-refractivity contribution >= 4 is 17.7 Å². The number of methoxy groups -OCH3 is 1. The number of hydrogen-bond acceptors (Lipinski definition) is 4. The van der Waals surface area contributed by atoms with Gasteiger partial charge in [-0.2, -0.15) is 0 Å². The van der Waals surface area contributed by atoms with Gasteiger partial charge in [-0.3, -0.25) is 4.79 Å². The minimum atomic E-state index is 0.0398. The van der Waals surface area contributed by atoms with Gasteiger partial charge in [-0.05, 0) is 0 Å². The van der Waals surface area contributed by atoms with Gasteiger partial charge in [-0.15, -0.1) is 11.8 Å². The second-order valence-corrected chi connectivity index (χ2v) is 3.69. The standard InChI is InChI=1S/C7H14N2O2S/c1-11-3-7(10)9-5-12-4-6(9)2-8/h6H,2-5,8H2,1H3. The van der Waals surface area contributed by atoms with E-state index in [-0.39, 0.29) is 18.6 Å². The van der Waals surface area contributed by atoms with E-state index in [0.717, 1.165) is 11.6 Å². The molecule has 1 atom stereocenters. The van der Waals surface area contributed by atoms with Crippen molar-refractivity contribution in [3.05, 3.63) is 0 Å². The molecule has 1 unspecified atom stereocenters. The summed E-state index contributed by atoms with van der Waals surface area (Å²) in [4.78, 5) is 13.1. The largest absolute Gasteiger partial charge is 0.375 e. The number of hydrogen-bond donors (Lipinski definition) is 1. The third-order valence-electron chi connectivity index (χ3n) is 1.84. The maximum Gasteiger partial charge on any atom is 0.249 e. The molecule has 4 nitrogen and oxygen atoms in total. The van der Waals surface area contributed by atoms with Crippen LogP contribution in [0.25, 0.3) is 0 Å². The molecule has 0 radical (unpaired) electrons. The van der Waals surface area contributed by atoms with Crippen LogP contribution in [0.5, 0.6) is 0 Å². The fourth-order valence-electron chi connectivity index (χ4n) is 1.16. The summed E-state index contributed by atoms with van der Waals surface area (Å²) in [6.07, 6.45) is 0. The van der Waals surface area contributed by atoms with Gasteiger partial charge in [0, 0.05) is 19.4 Å². The zero-order chi connectivity index (χ0) is 8.97. The Kier molecular flexibility index (Phi) is 3.84. The van der Waals surface area contributed by atoms with E-state index in [1.165, 1.54) is 7.11 Å². The van der Waals surface area contributed by atoms with Crippen LogP contribution >= 0.6 is 11.8 Å². The summed E-state index contributed by atoms with van der Waals surface area (Å²) in [5.74, 6) is 1.74. The first kappa shape index (κ1) is 9.83. The molecule has 0 bridgehead atoms. The van der Waals surface area contributed by atoms with E-state index in [0.29, 0.717) is 6.54 Å². The predicted molar refractivity (Wildman–Crippen MR) is 48.9 cm³/mol. The highest BCUT2D eigenvalue weighted by Gasteiger charge is 2.27. The normalized spacial score (nSPS) is 23.2. The molecule has 1 saturated heterocycles. The summed E-state index contributed by atoms with van der Waals surface area (Å²) in [5, 5.41) is 0. The Morgan fingerprint density at radius 3 is 3.17 bits per heavy atom. The lowest BCUT2D eigenvalue weighted by Gasteiger charge is -2.21. The van der Waals surface area contributed by atoms with E-state index in [4.69, 9.17) is 10.5 Å². The van der Waals surface area contributed by atoms with Crippen LogP contribution in [0.2, 0.25) is 0 Å². The van der Waals surface area contributed by atoms with Crippen LogP contribution in [-0.2, 0) is 9.53 Å². The highest BCUT2D eigenvalue weighted by atomic mass is 32.2. The summed E-state index contributed by atoms with van der Waals surface area (Å²) in [6, 6.07) is 0.206. The molecule has 1 rings (SSSR count). The van der Waals surface area contributed by atoms with Crippen LogP contribution in [0.3, 0.4) is 0 Å². The van der Waals surface area contributed by atoms with Crippen molar-refractivity contribution in [2.24, 2.45) is 5.73 Å². The van der Waals surface area contributed by atoms with Gasteiger partial charge in [-0.25, -0.2) is 0 Å². The first-order valence-corrected chi connectivity index (χ1v) is 5.01. The van der Waals surface area contributed by atoms with Crippen molar-refractivity contribution in [3.8, 4) is 0 Å². The van der Waals surface area contributed by atoms with Crippen molar-refractivity contribution in [2.45, 2.75) is 6.04 Å². The zero-order valence-electron chi connectivity index (χ0n) is 7.16. The number of amides is 1. The Labute approximate surface area is 76.4 Å². The average Bonchev–Trinajstić information content (AvgIpc) is 2.51. The zero-order valence-corrected chi connectivity index (χ0v) is 7.97. The number of ether oxygens (including phenoxy) is 1. The first-order valence-electron chi connectivity index (χ1n) is 3.85. The van der Waals surface area contributed by atoms with Gasteiger partial charge in [0.2, 0.25) is 5.91 Å². The molecule has 1 fully saturated rings. The van der Waals surface area contributed by atoms with Gasteiger partial charge in [0.25, 0.3) is 0 Å². The number of nitrogens with zero attached hydrogens (tertiary/aromatic N) is 1. The molecular formula is C7H14N2O2S. The predicted octanol–water partition coefficient (Wildman–Crippen LogP) is -0.507. The van der Waals surface area contributed by atoms with E-state index in [1.807, 2.05) is 0 Å². The lowest BCUT2D eigenvalue weighted by molar-refractivity contribution is -0.135. The van der Waals surface area contributed by atoms with E-state index >= 15 is 0 Å². The van der Waals surface area contributed by atoms with Gasteiger partial charge in [0.15, 0.2) is 0 Å². The lowest BCUT2D eigenvalue weighted by Crippen LogP contribution is -2.42. The fraction of sp³-hybridized carbons (Fsp3) is 0.857. The number of rotatable bonds is 3. The second-order valence-electron chi connectivity index (χ2n) is 2.69. The highest BCUT2D eigenvalue weighted by Crippen LogP contribution is 2.19. The molecule has 0 aromatic carbocycles. The van der Waals surface area contributed by atoms with Crippen molar-refractivity contribution in [3.63, 3.8) is 0 Å². The Bertz CT molecular complexity index is 165. The molecule has 1 aliphatic rings. The smallest absolute Gasteiger partial charge is 0.249 e. The molecule has 0 saturated carbocycles.